The summed E-state index contributed by atoms with van der Waals surface area (Å²) in [5.41, 5.74) is 1.84. The van der Waals surface area contributed by atoms with Gasteiger partial charge in [-0.15, -0.1) is 11.8 Å². The van der Waals surface area contributed by atoms with Gasteiger partial charge in [0.05, 0.1) is 12.9 Å². The molecule has 0 radical (unpaired) electrons. The van der Waals surface area contributed by atoms with Crippen LogP contribution in [0.5, 0.6) is 5.75 Å². The molecule has 0 aromatic heterocycles. The normalized spacial score (nSPS) is 12.7. The first kappa shape index (κ1) is 26.4. The van der Waals surface area contributed by atoms with Crippen LogP contribution in [0, 0.1) is 0 Å². The number of amides is 2. The Hall–Kier alpha value is -1.89. The van der Waals surface area contributed by atoms with Gasteiger partial charge in [0, 0.05) is 28.4 Å². The van der Waals surface area contributed by atoms with Gasteiger partial charge in [-0.2, -0.15) is 0 Å². The van der Waals surface area contributed by atoms with Gasteiger partial charge in [0.2, 0.25) is 11.8 Å². The van der Waals surface area contributed by atoms with E-state index in [1.54, 1.807) is 31.1 Å². The first-order chi connectivity index (χ1) is 15.2. The smallest absolute Gasteiger partial charge is 0.242 e. The Morgan fingerprint density at radius 1 is 1.12 bits per heavy atom. The van der Waals surface area contributed by atoms with Crippen LogP contribution in [-0.4, -0.2) is 41.7 Å². The van der Waals surface area contributed by atoms with Crippen molar-refractivity contribution in [3.63, 3.8) is 0 Å². The number of carbonyl (C=O) groups is 2. The second-order valence-electron chi connectivity index (χ2n) is 7.59. The predicted molar refractivity (Wildman–Crippen MR) is 134 cm³/mol. The summed E-state index contributed by atoms with van der Waals surface area (Å²) in [6.45, 7) is 6.06. The van der Waals surface area contributed by atoms with E-state index in [2.05, 4.69) is 5.32 Å². The minimum absolute atomic E-state index is 0.0457. The molecule has 0 saturated carbocycles. The maximum Gasteiger partial charge on any atom is 0.242 e. The second-order valence-corrected chi connectivity index (χ2v) is 9.42. The number of nitrogens with one attached hydrogen (secondary N) is 1. The fourth-order valence-corrected chi connectivity index (χ4v) is 4.41. The molecule has 0 bridgehead atoms. The summed E-state index contributed by atoms with van der Waals surface area (Å²) in [6.07, 6.45) is 0.822. The van der Waals surface area contributed by atoms with Gasteiger partial charge in [-0.05, 0) is 55.7 Å². The molecule has 0 aliphatic rings. The molecule has 0 fully saturated rings. The molecule has 0 spiro atoms. The number of ether oxygens (including phenoxy) is 1. The van der Waals surface area contributed by atoms with Gasteiger partial charge in [-0.3, -0.25) is 9.59 Å². The van der Waals surface area contributed by atoms with Gasteiger partial charge >= 0.3 is 0 Å². The number of benzene rings is 2. The molecule has 2 atom stereocenters. The average Bonchev–Trinajstić information content (AvgIpc) is 2.78. The van der Waals surface area contributed by atoms with E-state index >= 15 is 0 Å². The van der Waals surface area contributed by atoms with Crippen LogP contribution in [0.1, 0.15) is 38.3 Å². The molecule has 2 aromatic carbocycles. The van der Waals surface area contributed by atoms with E-state index in [0.29, 0.717) is 22.3 Å². The first-order valence-corrected chi connectivity index (χ1v) is 12.4. The molecule has 174 valence electrons. The number of rotatable bonds is 11. The second kappa shape index (κ2) is 13.0. The van der Waals surface area contributed by atoms with E-state index in [1.807, 2.05) is 44.2 Å². The molecular formula is C24H30Cl2N2O3S. The first-order valence-electron chi connectivity index (χ1n) is 10.5. The highest BCUT2D eigenvalue weighted by Gasteiger charge is 2.26. The number of hydrogen-bond acceptors (Lipinski definition) is 4. The molecule has 2 amide bonds. The lowest BCUT2D eigenvalue weighted by atomic mass is 10.1. The highest BCUT2D eigenvalue weighted by atomic mass is 35.5. The summed E-state index contributed by atoms with van der Waals surface area (Å²) in [7, 11) is 1.61. The molecule has 32 heavy (non-hydrogen) atoms. The number of nitrogens with zero attached hydrogens (tertiary/aromatic N) is 1. The van der Waals surface area contributed by atoms with Crippen LogP contribution in [-0.2, 0) is 21.9 Å². The predicted octanol–water partition coefficient (Wildman–Crippen LogP) is 5.57. The third-order valence-corrected chi connectivity index (χ3v) is 6.73. The Bertz CT molecular complexity index is 909. The van der Waals surface area contributed by atoms with E-state index < -0.39 is 6.04 Å². The van der Waals surface area contributed by atoms with Crippen molar-refractivity contribution >= 4 is 46.8 Å². The molecule has 2 aromatic rings. The van der Waals surface area contributed by atoms with Gasteiger partial charge in [0.15, 0.2) is 0 Å². The maximum absolute atomic E-state index is 13.1. The van der Waals surface area contributed by atoms with Crippen LogP contribution in [0.15, 0.2) is 42.5 Å². The van der Waals surface area contributed by atoms with Crippen LogP contribution in [0.4, 0.5) is 0 Å². The molecule has 2 rings (SSSR count). The number of methoxy groups -OCH3 is 1. The van der Waals surface area contributed by atoms with Crippen molar-refractivity contribution in [3.8, 4) is 5.75 Å². The summed E-state index contributed by atoms with van der Waals surface area (Å²) >= 11 is 13.6. The van der Waals surface area contributed by atoms with Crippen molar-refractivity contribution in [3.05, 3.63) is 63.6 Å². The third kappa shape index (κ3) is 7.91. The summed E-state index contributed by atoms with van der Waals surface area (Å²) < 4.78 is 5.21. The van der Waals surface area contributed by atoms with Crippen LogP contribution >= 0.6 is 35.0 Å². The van der Waals surface area contributed by atoms with Crippen molar-refractivity contribution in [2.45, 2.75) is 51.6 Å². The summed E-state index contributed by atoms with van der Waals surface area (Å²) in [4.78, 5) is 27.5. The quantitative estimate of drug-likeness (QED) is 0.441. The molecule has 8 heteroatoms. The average molecular weight is 497 g/mol. The Balaban J connectivity index is 2.10. The minimum atomic E-state index is -0.599. The summed E-state index contributed by atoms with van der Waals surface area (Å²) in [5, 5.41) is 4.13. The van der Waals surface area contributed by atoms with Crippen LogP contribution in [0.2, 0.25) is 10.0 Å². The molecule has 0 heterocycles. The summed E-state index contributed by atoms with van der Waals surface area (Å²) in [6, 6.07) is 12.3. The fourth-order valence-electron chi connectivity index (χ4n) is 2.95. The summed E-state index contributed by atoms with van der Waals surface area (Å²) in [5.74, 6) is 1.28. The van der Waals surface area contributed by atoms with Crippen molar-refractivity contribution in [1.29, 1.82) is 0 Å². The van der Waals surface area contributed by atoms with E-state index in [1.165, 1.54) is 11.8 Å². The number of carbonyl (C=O) groups excluding carboxylic acids is 2. The fraction of sp³-hybridized carbons (Fsp3) is 0.417. The molecule has 0 aliphatic carbocycles. The van der Waals surface area contributed by atoms with Crippen LogP contribution in [0.25, 0.3) is 0 Å². The SMILES string of the molecule is CC[C@H](C)NC(=O)[C@@H](C)N(Cc1ccc(OC)cc1)C(=O)CSCc1ccc(Cl)cc1Cl. The standard InChI is InChI=1S/C24H30Cl2N2O3S/c1-5-16(2)27-24(30)17(3)28(13-18-6-10-21(31-4)11-7-18)23(29)15-32-14-19-8-9-20(25)12-22(19)26/h6-12,16-17H,5,13-15H2,1-4H3,(H,27,30)/t16-,17+/m0/s1. The highest BCUT2D eigenvalue weighted by Crippen LogP contribution is 2.25. The molecule has 0 saturated heterocycles. The van der Waals surface area contributed by atoms with Gasteiger partial charge in [-0.1, -0.05) is 48.3 Å². The van der Waals surface area contributed by atoms with Crippen molar-refractivity contribution in [2.24, 2.45) is 0 Å². The molecule has 1 N–H and O–H groups in total. The highest BCUT2D eigenvalue weighted by molar-refractivity contribution is 7.99. The van der Waals surface area contributed by atoms with Crippen molar-refractivity contribution in [1.82, 2.24) is 10.2 Å². The monoisotopic (exact) mass is 496 g/mol. The maximum atomic E-state index is 13.1. The molecular weight excluding hydrogens is 467 g/mol. The van der Waals surface area contributed by atoms with E-state index in [-0.39, 0.29) is 23.6 Å². The lowest BCUT2D eigenvalue weighted by molar-refractivity contribution is -0.138. The Morgan fingerprint density at radius 2 is 1.81 bits per heavy atom. The zero-order valence-corrected chi connectivity index (χ0v) is 21.2. The lowest BCUT2D eigenvalue weighted by Crippen LogP contribution is -2.50. The Labute approximate surface area is 204 Å². The zero-order chi connectivity index (χ0) is 23.7. The van der Waals surface area contributed by atoms with Gasteiger partial charge < -0.3 is 15.0 Å². The van der Waals surface area contributed by atoms with Gasteiger partial charge in [-0.25, -0.2) is 0 Å². The van der Waals surface area contributed by atoms with Crippen molar-refractivity contribution < 1.29 is 14.3 Å². The number of halogens is 2. The molecule has 0 aliphatic heterocycles. The Kier molecular flexibility index (Phi) is 10.7. The van der Waals surface area contributed by atoms with Gasteiger partial charge in [0.1, 0.15) is 11.8 Å². The van der Waals surface area contributed by atoms with Crippen LogP contribution < -0.4 is 10.1 Å². The molecule has 0 unspecified atom stereocenters. The van der Waals surface area contributed by atoms with E-state index in [9.17, 15) is 9.59 Å². The largest absolute Gasteiger partial charge is 0.497 e. The number of thioether (sulfide) groups is 1. The van der Waals surface area contributed by atoms with E-state index in [4.69, 9.17) is 27.9 Å². The molecule has 5 nitrogen and oxygen atoms in total. The van der Waals surface area contributed by atoms with Crippen molar-refractivity contribution in [2.75, 3.05) is 12.9 Å². The number of hydrogen-bond donors (Lipinski definition) is 1. The Morgan fingerprint density at radius 3 is 2.41 bits per heavy atom. The lowest BCUT2D eigenvalue weighted by Gasteiger charge is -2.29. The zero-order valence-electron chi connectivity index (χ0n) is 18.9. The third-order valence-electron chi connectivity index (χ3n) is 5.18. The van der Waals surface area contributed by atoms with Crippen LogP contribution in [0.3, 0.4) is 0 Å². The van der Waals surface area contributed by atoms with E-state index in [0.717, 1.165) is 23.3 Å². The topological polar surface area (TPSA) is 58.6 Å². The van der Waals surface area contributed by atoms with Gasteiger partial charge in [0.25, 0.3) is 0 Å². The minimum Gasteiger partial charge on any atom is -0.497 e.